The topological polar surface area (TPSA) is 32.6 Å². The Kier molecular flexibility index (Phi) is 4.28. The monoisotopic (exact) mass is 227 g/mol. The summed E-state index contributed by atoms with van der Waals surface area (Å²) in [5, 5.41) is 8.92. The number of rotatable bonds is 4. The first-order valence-electron chi connectivity index (χ1n) is 5.96. The lowest BCUT2D eigenvalue weighted by atomic mass is 9.91. The molecule has 0 fully saturated rings. The second-order valence-corrected chi connectivity index (χ2v) is 4.01. The molecular formula is C15H17NO. The Balaban J connectivity index is 2.25. The molecule has 1 N–H and O–H groups in total. The van der Waals surface area contributed by atoms with Crippen LogP contribution in [0.3, 0.4) is 0 Å². The van der Waals surface area contributed by atoms with Gasteiger partial charge in [0.25, 0.3) is 0 Å². The summed E-state index contributed by atoms with van der Waals surface area (Å²) in [7, 11) is 0. The number of hydrogen-bond acceptors (Lipinski definition) is 2. The van der Waals surface area contributed by atoms with Crippen molar-refractivity contribution in [1.82, 2.24) is 0 Å². The molecule has 1 aliphatic carbocycles. The summed E-state index contributed by atoms with van der Waals surface area (Å²) in [4.78, 5) is 4.52. The van der Waals surface area contributed by atoms with Crippen LogP contribution < -0.4 is 0 Å². The van der Waals surface area contributed by atoms with E-state index in [0.717, 1.165) is 17.7 Å². The van der Waals surface area contributed by atoms with Crippen LogP contribution in [0.4, 0.5) is 0 Å². The minimum absolute atomic E-state index is 0.0998. The lowest BCUT2D eigenvalue weighted by Gasteiger charge is -2.16. The van der Waals surface area contributed by atoms with Crippen LogP contribution in [0.15, 0.2) is 59.6 Å². The number of hydrogen-bond donors (Lipinski definition) is 1. The zero-order valence-corrected chi connectivity index (χ0v) is 9.79. The van der Waals surface area contributed by atoms with Crippen LogP contribution in [-0.4, -0.2) is 24.0 Å². The number of aliphatic hydroxyl groups excluding tert-OH is 1. The third kappa shape index (κ3) is 3.14. The highest BCUT2D eigenvalue weighted by Gasteiger charge is 2.14. The smallest absolute Gasteiger partial charge is 0.0627 e. The number of aliphatic imine (C=N–C) groups is 1. The molecule has 88 valence electrons. The Morgan fingerprint density at radius 1 is 1.24 bits per heavy atom. The molecule has 0 saturated heterocycles. The molecule has 1 aromatic rings. The Hall–Kier alpha value is -1.67. The van der Waals surface area contributed by atoms with E-state index in [1.165, 1.54) is 0 Å². The molecule has 0 aromatic heterocycles. The van der Waals surface area contributed by atoms with Crippen LogP contribution in [0, 0.1) is 5.92 Å². The minimum Gasteiger partial charge on any atom is -0.394 e. The van der Waals surface area contributed by atoms with E-state index >= 15 is 0 Å². The van der Waals surface area contributed by atoms with Crippen molar-refractivity contribution in [3.05, 3.63) is 60.2 Å². The summed E-state index contributed by atoms with van der Waals surface area (Å²) in [6, 6.07) is 10.2. The van der Waals surface area contributed by atoms with Crippen molar-refractivity contribution in [3.63, 3.8) is 0 Å². The third-order valence-corrected chi connectivity index (χ3v) is 2.78. The van der Waals surface area contributed by atoms with Gasteiger partial charge in [0, 0.05) is 11.6 Å². The molecule has 0 heterocycles. The maximum atomic E-state index is 8.92. The molecule has 0 bridgehead atoms. The second-order valence-electron chi connectivity index (χ2n) is 4.01. The van der Waals surface area contributed by atoms with E-state index in [1.807, 2.05) is 18.2 Å². The van der Waals surface area contributed by atoms with Gasteiger partial charge in [-0.15, -0.1) is 0 Å². The van der Waals surface area contributed by atoms with E-state index in [1.54, 1.807) is 0 Å². The number of allylic oxidation sites excluding steroid dienone is 4. The van der Waals surface area contributed by atoms with Crippen LogP contribution in [-0.2, 0) is 0 Å². The lowest BCUT2D eigenvalue weighted by molar-refractivity contribution is 0.306. The van der Waals surface area contributed by atoms with E-state index in [0.29, 0.717) is 12.5 Å². The van der Waals surface area contributed by atoms with Crippen molar-refractivity contribution in [3.8, 4) is 0 Å². The van der Waals surface area contributed by atoms with Crippen molar-refractivity contribution in [2.75, 3.05) is 13.2 Å². The SMILES string of the molecule is OCCN=C(c1ccccc1)C1C=CC=CC1. The maximum Gasteiger partial charge on any atom is 0.0627 e. The van der Waals surface area contributed by atoms with Crippen molar-refractivity contribution in [1.29, 1.82) is 0 Å². The molecule has 0 radical (unpaired) electrons. The molecule has 0 spiro atoms. The molecule has 0 amide bonds. The van der Waals surface area contributed by atoms with Crippen LogP contribution in [0.5, 0.6) is 0 Å². The Bertz CT molecular complexity index is 431. The van der Waals surface area contributed by atoms with Gasteiger partial charge >= 0.3 is 0 Å². The third-order valence-electron chi connectivity index (χ3n) is 2.78. The van der Waals surface area contributed by atoms with E-state index in [9.17, 15) is 0 Å². The Labute approximate surface area is 102 Å². The van der Waals surface area contributed by atoms with Gasteiger partial charge in [-0.1, -0.05) is 54.6 Å². The molecule has 2 heteroatoms. The molecule has 1 aromatic carbocycles. The number of nitrogens with zero attached hydrogens (tertiary/aromatic N) is 1. The molecule has 1 aliphatic rings. The van der Waals surface area contributed by atoms with Gasteiger partial charge in [-0.2, -0.15) is 0 Å². The molecule has 0 saturated carbocycles. The standard InChI is InChI=1S/C15H17NO/c17-12-11-16-15(13-7-3-1-4-8-13)14-9-5-2-6-10-14/h1-9,14,17H,10-12H2. The summed E-state index contributed by atoms with van der Waals surface area (Å²) in [6.45, 7) is 0.570. The van der Waals surface area contributed by atoms with Gasteiger partial charge in [0.1, 0.15) is 0 Å². The van der Waals surface area contributed by atoms with Gasteiger partial charge in [-0.3, -0.25) is 4.99 Å². The van der Waals surface area contributed by atoms with Crippen LogP contribution in [0.25, 0.3) is 0 Å². The molecule has 2 nitrogen and oxygen atoms in total. The predicted octanol–water partition coefficient (Wildman–Crippen LogP) is 2.60. The van der Waals surface area contributed by atoms with Crippen LogP contribution in [0.2, 0.25) is 0 Å². The molecule has 1 unspecified atom stereocenters. The molecule has 1 atom stereocenters. The van der Waals surface area contributed by atoms with Crippen LogP contribution in [0.1, 0.15) is 12.0 Å². The fourth-order valence-electron chi connectivity index (χ4n) is 1.99. The van der Waals surface area contributed by atoms with E-state index < -0.39 is 0 Å². The Morgan fingerprint density at radius 3 is 2.71 bits per heavy atom. The first kappa shape index (κ1) is 11.8. The Morgan fingerprint density at radius 2 is 2.06 bits per heavy atom. The summed E-state index contributed by atoms with van der Waals surface area (Å²) in [6.07, 6.45) is 9.43. The van der Waals surface area contributed by atoms with Crippen molar-refractivity contribution >= 4 is 5.71 Å². The maximum absolute atomic E-state index is 8.92. The zero-order chi connectivity index (χ0) is 11.9. The summed E-state index contributed by atoms with van der Waals surface area (Å²) < 4.78 is 0. The first-order valence-corrected chi connectivity index (χ1v) is 5.96. The van der Waals surface area contributed by atoms with E-state index in [2.05, 4.69) is 41.4 Å². The van der Waals surface area contributed by atoms with Crippen molar-refractivity contribution in [2.45, 2.75) is 6.42 Å². The first-order chi connectivity index (χ1) is 8.42. The van der Waals surface area contributed by atoms with E-state index in [-0.39, 0.29) is 6.61 Å². The average Bonchev–Trinajstić information content (AvgIpc) is 2.42. The second kappa shape index (κ2) is 6.16. The number of aliphatic hydroxyl groups is 1. The number of benzene rings is 1. The normalized spacial score (nSPS) is 19.6. The van der Waals surface area contributed by atoms with Gasteiger partial charge in [-0.25, -0.2) is 0 Å². The highest BCUT2D eigenvalue weighted by molar-refractivity contribution is 6.03. The fourth-order valence-corrected chi connectivity index (χ4v) is 1.99. The van der Waals surface area contributed by atoms with Gasteiger partial charge in [0.15, 0.2) is 0 Å². The minimum atomic E-state index is 0.0998. The van der Waals surface area contributed by atoms with E-state index in [4.69, 9.17) is 5.11 Å². The largest absolute Gasteiger partial charge is 0.394 e. The fraction of sp³-hybridized carbons (Fsp3) is 0.267. The summed E-state index contributed by atoms with van der Waals surface area (Å²) in [5.41, 5.74) is 2.21. The zero-order valence-electron chi connectivity index (χ0n) is 9.79. The summed E-state index contributed by atoms with van der Waals surface area (Å²) in [5.74, 6) is 0.328. The molecule has 17 heavy (non-hydrogen) atoms. The van der Waals surface area contributed by atoms with Crippen molar-refractivity contribution in [2.24, 2.45) is 10.9 Å². The predicted molar refractivity (Wildman–Crippen MR) is 71.3 cm³/mol. The van der Waals surface area contributed by atoms with Gasteiger partial charge in [0.2, 0.25) is 0 Å². The highest BCUT2D eigenvalue weighted by Crippen LogP contribution is 2.18. The molecular weight excluding hydrogens is 210 g/mol. The summed E-state index contributed by atoms with van der Waals surface area (Å²) >= 11 is 0. The molecule has 0 aliphatic heterocycles. The quantitative estimate of drug-likeness (QED) is 0.788. The van der Waals surface area contributed by atoms with Gasteiger partial charge < -0.3 is 5.11 Å². The van der Waals surface area contributed by atoms with Gasteiger partial charge in [-0.05, 0) is 12.0 Å². The highest BCUT2D eigenvalue weighted by atomic mass is 16.3. The van der Waals surface area contributed by atoms with Crippen LogP contribution >= 0.6 is 0 Å². The molecule has 2 rings (SSSR count). The lowest BCUT2D eigenvalue weighted by Crippen LogP contribution is -2.15. The van der Waals surface area contributed by atoms with Gasteiger partial charge in [0.05, 0.1) is 13.2 Å². The van der Waals surface area contributed by atoms with Crippen molar-refractivity contribution < 1.29 is 5.11 Å². The average molecular weight is 227 g/mol.